The second-order valence-electron chi connectivity index (χ2n) is 3.08. The Balaban J connectivity index is 2.87. The Bertz CT molecular complexity index is 391. The molecule has 0 saturated heterocycles. The zero-order valence-electron chi connectivity index (χ0n) is 9.97. The highest BCUT2D eigenvalue weighted by atomic mass is 16.5. The minimum Gasteiger partial charge on any atom is -0.490 e. The Morgan fingerprint density at radius 2 is 1.94 bits per heavy atom. The standard InChI is InChI=1S/C12H16N2O3/c1-3-16-11-6-5-10(8-13-14-9-15)7-12(11)17-4-2/h5-9H,3-4H2,1-2H3,(H,14,15)/b13-8-. The molecule has 0 heterocycles. The summed E-state index contributed by atoms with van der Waals surface area (Å²) in [7, 11) is 0. The van der Waals surface area contributed by atoms with E-state index < -0.39 is 0 Å². The van der Waals surface area contributed by atoms with Gasteiger partial charge in [-0.3, -0.25) is 4.79 Å². The van der Waals surface area contributed by atoms with Crippen LogP contribution in [-0.2, 0) is 4.79 Å². The van der Waals surface area contributed by atoms with Crippen molar-refractivity contribution in [3.05, 3.63) is 23.8 Å². The molecule has 1 aromatic carbocycles. The maximum Gasteiger partial charge on any atom is 0.227 e. The van der Waals surface area contributed by atoms with Gasteiger partial charge >= 0.3 is 0 Å². The van der Waals surface area contributed by atoms with Crippen molar-refractivity contribution in [3.63, 3.8) is 0 Å². The van der Waals surface area contributed by atoms with Crippen LogP contribution in [0.4, 0.5) is 0 Å². The summed E-state index contributed by atoms with van der Waals surface area (Å²) in [5.74, 6) is 1.37. The molecule has 0 aliphatic rings. The Hall–Kier alpha value is -2.04. The number of carbonyl (C=O) groups is 1. The van der Waals surface area contributed by atoms with Gasteiger partial charge in [-0.2, -0.15) is 5.10 Å². The summed E-state index contributed by atoms with van der Waals surface area (Å²) in [6, 6.07) is 5.46. The Morgan fingerprint density at radius 1 is 1.24 bits per heavy atom. The van der Waals surface area contributed by atoms with Crippen LogP contribution in [-0.4, -0.2) is 25.8 Å². The molecular formula is C12H16N2O3. The fourth-order valence-electron chi connectivity index (χ4n) is 1.29. The molecule has 92 valence electrons. The molecule has 1 aromatic rings. The molecule has 5 heteroatoms. The van der Waals surface area contributed by atoms with Gasteiger partial charge < -0.3 is 9.47 Å². The average Bonchev–Trinajstić information content (AvgIpc) is 2.33. The van der Waals surface area contributed by atoms with Crippen molar-refractivity contribution in [3.8, 4) is 11.5 Å². The maximum absolute atomic E-state index is 10.0. The van der Waals surface area contributed by atoms with Crippen LogP contribution in [0.15, 0.2) is 23.3 Å². The number of nitrogens with one attached hydrogen (secondary N) is 1. The van der Waals surface area contributed by atoms with E-state index in [0.29, 0.717) is 31.1 Å². The second-order valence-corrected chi connectivity index (χ2v) is 3.08. The molecule has 0 radical (unpaired) electrons. The predicted octanol–water partition coefficient (Wildman–Crippen LogP) is 1.56. The van der Waals surface area contributed by atoms with Gasteiger partial charge in [0.1, 0.15) is 0 Å². The first kappa shape index (κ1) is 13.0. The van der Waals surface area contributed by atoms with Crippen molar-refractivity contribution in [2.75, 3.05) is 13.2 Å². The monoisotopic (exact) mass is 236 g/mol. The fraction of sp³-hybridized carbons (Fsp3) is 0.333. The molecule has 0 unspecified atom stereocenters. The molecule has 0 aliphatic carbocycles. The second kappa shape index (κ2) is 7.27. The van der Waals surface area contributed by atoms with Crippen molar-refractivity contribution < 1.29 is 14.3 Å². The van der Waals surface area contributed by atoms with Crippen molar-refractivity contribution in [2.45, 2.75) is 13.8 Å². The van der Waals surface area contributed by atoms with Crippen LogP contribution in [0.1, 0.15) is 19.4 Å². The van der Waals surface area contributed by atoms with E-state index in [0.717, 1.165) is 5.56 Å². The summed E-state index contributed by atoms with van der Waals surface area (Å²) in [6.07, 6.45) is 2.04. The largest absolute Gasteiger partial charge is 0.490 e. The molecule has 0 aromatic heterocycles. The van der Waals surface area contributed by atoms with Gasteiger partial charge in [-0.1, -0.05) is 0 Å². The minimum atomic E-state index is 0.508. The minimum absolute atomic E-state index is 0.508. The topological polar surface area (TPSA) is 59.9 Å². The van der Waals surface area contributed by atoms with Crippen LogP contribution < -0.4 is 14.9 Å². The number of hydrogen-bond donors (Lipinski definition) is 1. The van der Waals surface area contributed by atoms with Crippen LogP contribution in [0.25, 0.3) is 0 Å². The van der Waals surface area contributed by atoms with Gasteiger partial charge in [0.15, 0.2) is 11.5 Å². The zero-order chi connectivity index (χ0) is 12.5. The lowest BCUT2D eigenvalue weighted by Crippen LogP contribution is -2.02. The van der Waals surface area contributed by atoms with E-state index in [1.165, 1.54) is 6.21 Å². The number of benzene rings is 1. The lowest BCUT2D eigenvalue weighted by atomic mass is 10.2. The number of carbonyl (C=O) groups excluding carboxylic acids is 1. The smallest absolute Gasteiger partial charge is 0.227 e. The lowest BCUT2D eigenvalue weighted by Gasteiger charge is -2.10. The highest BCUT2D eigenvalue weighted by Crippen LogP contribution is 2.27. The maximum atomic E-state index is 10.0. The summed E-state index contributed by atoms with van der Waals surface area (Å²) >= 11 is 0. The molecule has 17 heavy (non-hydrogen) atoms. The quantitative estimate of drug-likeness (QED) is 0.444. The summed E-state index contributed by atoms with van der Waals surface area (Å²) in [6.45, 7) is 4.97. The first-order valence-corrected chi connectivity index (χ1v) is 5.43. The Labute approximate surface area is 100 Å². The third-order valence-corrected chi connectivity index (χ3v) is 1.91. The molecule has 0 aliphatic heterocycles. The fourth-order valence-corrected chi connectivity index (χ4v) is 1.29. The molecule has 0 spiro atoms. The van der Waals surface area contributed by atoms with Gasteiger partial charge in [-0.25, -0.2) is 5.43 Å². The van der Waals surface area contributed by atoms with Gasteiger partial charge in [0.05, 0.1) is 19.4 Å². The van der Waals surface area contributed by atoms with Gasteiger partial charge in [0.25, 0.3) is 0 Å². The van der Waals surface area contributed by atoms with Crippen LogP contribution in [0.5, 0.6) is 11.5 Å². The van der Waals surface area contributed by atoms with E-state index >= 15 is 0 Å². The normalized spacial score (nSPS) is 10.2. The number of hydrogen-bond acceptors (Lipinski definition) is 4. The SMILES string of the molecule is CCOc1ccc(/C=N\NC=O)cc1OCC. The number of nitrogens with zero attached hydrogens (tertiary/aromatic N) is 1. The van der Waals surface area contributed by atoms with E-state index in [-0.39, 0.29) is 0 Å². The summed E-state index contributed by atoms with van der Waals surface area (Å²) in [5.41, 5.74) is 3.03. The summed E-state index contributed by atoms with van der Waals surface area (Å²) in [4.78, 5) is 10.0. The van der Waals surface area contributed by atoms with E-state index in [1.54, 1.807) is 0 Å². The van der Waals surface area contributed by atoms with Gasteiger partial charge in [-0.15, -0.1) is 0 Å². The highest BCUT2D eigenvalue weighted by molar-refractivity contribution is 5.81. The third-order valence-electron chi connectivity index (χ3n) is 1.91. The van der Waals surface area contributed by atoms with Gasteiger partial charge in [0, 0.05) is 0 Å². The first-order valence-electron chi connectivity index (χ1n) is 5.43. The predicted molar refractivity (Wildman–Crippen MR) is 65.6 cm³/mol. The van der Waals surface area contributed by atoms with Crippen LogP contribution in [0.2, 0.25) is 0 Å². The Kier molecular flexibility index (Phi) is 5.57. The highest BCUT2D eigenvalue weighted by Gasteiger charge is 2.04. The summed E-state index contributed by atoms with van der Waals surface area (Å²) < 4.78 is 10.9. The van der Waals surface area contributed by atoms with E-state index in [2.05, 4.69) is 10.5 Å². The van der Waals surface area contributed by atoms with Crippen molar-refractivity contribution in [1.82, 2.24) is 5.43 Å². The zero-order valence-corrected chi connectivity index (χ0v) is 9.97. The van der Waals surface area contributed by atoms with Crippen LogP contribution >= 0.6 is 0 Å². The molecule has 1 N–H and O–H groups in total. The van der Waals surface area contributed by atoms with Gasteiger partial charge in [0.2, 0.25) is 6.41 Å². The van der Waals surface area contributed by atoms with E-state index in [1.807, 2.05) is 32.0 Å². The van der Waals surface area contributed by atoms with E-state index in [4.69, 9.17) is 9.47 Å². The first-order chi connectivity index (χ1) is 8.31. The molecule has 0 bridgehead atoms. The molecule has 0 saturated carbocycles. The summed E-state index contributed by atoms with van der Waals surface area (Å²) in [5, 5.41) is 3.70. The molecule has 5 nitrogen and oxygen atoms in total. The van der Waals surface area contributed by atoms with Crippen molar-refractivity contribution in [1.29, 1.82) is 0 Å². The lowest BCUT2D eigenvalue weighted by molar-refractivity contribution is -0.109. The van der Waals surface area contributed by atoms with Crippen LogP contribution in [0, 0.1) is 0 Å². The molecular weight excluding hydrogens is 220 g/mol. The molecule has 1 rings (SSSR count). The Morgan fingerprint density at radius 3 is 2.59 bits per heavy atom. The molecule has 1 amide bonds. The van der Waals surface area contributed by atoms with Crippen LogP contribution in [0.3, 0.4) is 0 Å². The van der Waals surface area contributed by atoms with Crippen molar-refractivity contribution in [2.24, 2.45) is 5.10 Å². The van der Waals surface area contributed by atoms with E-state index in [9.17, 15) is 4.79 Å². The van der Waals surface area contributed by atoms with Crippen molar-refractivity contribution >= 4 is 12.6 Å². The third kappa shape index (κ3) is 4.14. The number of hydrazone groups is 1. The average molecular weight is 236 g/mol. The number of rotatable bonds is 7. The number of ether oxygens (including phenoxy) is 2. The molecule has 0 fully saturated rings. The molecule has 0 atom stereocenters. The number of amides is 1. The van der Waals surface area contributed by atoms with Gasteiger partial charge in [-0.05, 0) is 37.6 Å².